The summed E-state index contributed by atoms with van der Waals surface area (Å²) in [6, 6.07) is 6.96. The van der Waals surface area contributed by atoms with Crippen LogP contribution in [0.1, 0.15) is 12.5 Å². The largest absolute Gasteiger partial charge is 0.427 e. The van der Waals surface area contributed by atoms with E-state index in [0.29, 0.717) is 11.4 Å². The van der Waals surface area contributed by atoms with E-state index < -0.39 is 0 Å². The topological polar surface area (TPSA) is 55.7 Å². The van der Waals surface area contributed by atoms with Gasteiger partial charge in [0.15, 0.2) is 0 Å². The van der Waals surface area contributed by atoms with E-state index in [1.165, 1.54) is 18.7 Å². The smallest absolute Gasteiger partial charge is 0.308 e. The summed E-state index contributed by atoms with van der Waals surface area (Å²) in [5.41, 5.74) is 1.18. The molecule has 0 unspecified atom stereocenters. The van der Waals surface area contributed by atoms with Crippen LogP contribution < -0.4 is 4.74 Å². The summed E-state index contributed by atoms with van der Waals surface area (Å²) < 4.78 is 5.73. The van der Waals surface area contributed by atoms with Gasteiger partial charge in [-0.1, -0.05) is 12.1 Å². The lowest BCUT2D eigenvalue weighted by molar-refractivity contribution is -0.131. The minimum absolute atomic E-state index is 0.0674. The van der Waals surface area contributed by atoms with Crippen molar-refractivity contribution in [1.29, 1.82) is 0 Å². The van der Waals surface area contributed by atoms with Gasteiger partial charge < -0.3 is 4.74 Å². The van der Waals surface area contributed by atoms with Gasteiger partial charge >= 0.3 is 5.97 Å². The molecule has 0 aromatic heterocycles. The average molecular weight is 293 g/mol. The molecule has 1 aromatic carbocycles. The van der Waals surface area contributed by atoms with Crippen molar-refractivity contribution in [2.45, 2.75) is 6.92 Å². The molecule has 4 nitrogen and oxygen atoms in total. The van der Waals surface area contributed by atoms with E-state index in [-0.39, 0.29) is 11.1 Å². The molecular formula is C13H11NO3S2. The molecule has 0 saturated heterocycles. The predicted molar refractivity (Wildman–Crippen MR) is 79.3 cm³/mol. The number of nitrogens with zero attached hydrogens (tertiary/aromatic N) is 1. The first-order valence-electron chi connectivity index (χ1n) is 5.43. The molecule has 2 rings (SSSR count). The second-order valence-electron chi connectivity index (χ2n) is 3.67. The first kappa shape index (κ1) is 13.9. The molecule has 0 amide bonds. The van der Waals surface area contributed by atoms with Crippen molar-refractivity contribution in [2.24, 2.45) is 4.99 Å². The first-order chi connectivity index (χ1) is 9.08. The van der Waals surface area contributed by atoms with Crippen molar-refractivity contribution in [3.05, 3.63) is 35.5 Å². The van der Waals surface area contributed by atoms with Crippen LogP contribution in [0.5, 0.6) is 5.75 Å². The van der Waals surface area contributed by atoms with E-state index in [0.717, 1.165) is 21.7 Å². The zero-order valence-corrected chi connectivity index (χ0v) is 12.0. The molecule has 0 radical (unpaired) electrons. The maximum absolute atomic E-state index is 11.7. The Hall–Kier alpha value is -1.53. The minimum Gasteiger partial charge on any atom is -0.427 e. The van der Waals surface area contributed by atoms with E-state index in [1.807, 2.05) is 12.3 Å². The van der Waals surface area contributed by atoms with Gasteiger partial charge in [-0.3, -0.25) is 9.59 Å². The molecule has 0 saturated carbocycles. The Morgan fingerprint density at radius 1 is 1.47 bits per heavy atom. The Bertz CT molecular complexity index is 593. The summed E-state index contributed by atoms with van der Waals surface area (Å²) >= 11 is 2.57. The highest BCUT2D eigenvalue weighted by molar-refractivity contribution is 8.45. The van der Waals surface area contributed by atoms with E-state index >= 15 is 0 Å². The first-order valence-corrected chi connectivity index (χ1v) is 7.47. The van der Waals surface area contributed by atoms with Gasteiger partial charge in [-0.2, -0.15) is 0 Å². The second-order valence-corrected chi connectivity index (χ2v) is 5.68. The third-order valence-corrected chi connectivity index (χ3v) is 4.05. The normalized spacial score (nSPS) is 16.6. The standard InChI is InChI=1S/C13H11NO3S2/c1-8(15)17-10-5-3-4-9(6-10)7-11-12(16)19-13(14-11)18-2/h3-7H,1-2H3/b11-7-. The molecule has 1 aliphatic rings. The molecule has 0 spiro atoms. The molecule has 0 N–H and O–H groups in total. The van der Waals surface area contributed by atoms with E-state index in [1.54, 1.807) is 24.3 Å². The van der Waals surface area contributed by atoms with E-state index in [4.69, 9.17) is 4.74 Å². The van der Waals surface area contributed by atoms with Gasteiger partial charge in [0.25, 0.3) is 0 Å². The molecule has 0 atom stereocenters. The number of hydrogen-bond acceptors (Lipinski definition) is 6. The van der Waals surface area contributed by atoms with Crippen molar-refractivity contribution in [3.8, 4) is 5.75 Å². The van der Waals surface area contributed by atoms with Crippen LogP contribution in [-0.2, 0) is 9.59 Å². The average Bonchev–Trinajstić information content (AvgIpc) is 2.70. The quantitative estimate of drug-likeness (QED) is 0.477. The lowest BCUT2D eigenvalue weighted by Gasteiger charge is -2.01. The maximum Gasteiger partial charge on any atom is 0.308 e. The molecule has 98 valence electrons. The summed E-state index contributed by atoms with van der Waals surface area (Å²) in [6.45, 7) is 1.34. The Morgan fingerprint density at radius 2 is 2.26 bits per heavy atom. The molecule has 0 bridgehead atoms. The molecule has 19 heavy (non-hydrogen) atoms. The summed E-state index contributed by atoms with van der Waals surface area (Å²) in [5.74, 6) is 0.0778. The fourth-order valence-corrected chi connectivity index (χ4v) is 2.73. The SMILES string of the molecule is CSC1=N/C(=C\c2cccc(OC(C)=O)c2)C(=O)S1. The summed E-state index contributed by atoms with van der Waals surface area (Å²) in [4.78, 5) is 26.8. The zero-order chi connectivity index (χ0) is 13.8. The number of thioether (sulfide) groups is 2. The van der Waals surface area contributed by atoms with Gasteiger partial charge in [0.2, 0.25) is 5.12 Å². The van der Waals surface area contributed by atoms with Crippen LogP contribution in [0.25, 0.3) is 6.08 Å². The van der Waals surface area contributed by atoms with Gasteiger partial charge in [0, 0.05) is 6.92 Å². The fourth-order valence-electron chi connectivity index (χ4n) is 1.47. The van der Waals surface area contributed by atoms with Crippen LogP contribution in [0.15, 0.2) is 35.0 Å². The van der Waals surface area contributed by atoms with Crippen LogP contribution >= 0.6 is 23.5 Å². The number of esters is 1. The van der Waals surface area contributed by atoms with Crippen LogP contribution in [-0.4, -0.2) is 21.7 Å². The molecule has 1 aliphatic heterocycles. The third-order valence-electron chi connectivity index (χ3n) is 2.20. The van der Waals surface area contributed by atoms with E-state index in [2.05, 4.69) is 4.99 Å². The molecule has 1 heterocycles. The number of carbonyl (C=O) groups excluding carboxylic acids is 2. The molecule has 6 heteroatoms. The third kappa shape index (κ3) is 3.71. The summed E-state index contributed by atoms with van der Waals surface area (Å²) in [5, 5.41) is -0.0674. The number of benzene rings is 1. The highest BCUT2D eigenvalue weighted by atomic mass is 32.2. The molecule has 0 fully saturated rings. The number of ether oxygens (including phenoxy) is 1. The predicted octanol–water partition coefficient (Wildman–Crippen LogP) is 2.95. The van der Waals surface area contributed by atoms with Crippen molar-refractivity contribution in [3.63, 3.8) is 0 Å². The number of aliphatic imine (C=N–C) groups is 1. The van der Waals surface area contributed by atoms with Crippen LogP contribution in [0.4, 0.5) is 0 Å². The number of rotatable bonds is 2. The fraction of sp³-hybridized carbons (Fsp3) is 0.154. The Morgan fingerprint density at radius 3 is 2.89 bits per heavy atom. The van der Waals surface area contributed by atoms with Gasteiger partial charge in [0.05, 0.1) is 0 Å². The highest BCUT2D eigenvalue weighted by Gasteiger charge is 2.21. The van der Waals surface area contributed by atoms with E-state index in [9.17, 15) is 9.59 Å². The maximum atomic E-state index is 11.7. The Labute approximate surface area is 119 Å². The number of hydrogen-bond donors (Lipinski definition) is 0. The van der Waals surface area contributed by atoms with Gasteiger partial charge in [-0.25, -0.2) is 4.99 Å². The molecule has 0 aliphatic carbocycles. The lowest BCUT2D eigenvalue weighted by atomic mass is 10.2. The summed E-state index contributed by atoms with van der Waals surface area (Å²) in [6.07, 6.45) is 3.56. The van der Waals surface area contributed by atoms with Crippen LogP contribution in [0.2, 0.25) is 0 Å². The number of carbonyl (C=O) groups is 2. The monoisotopic (exact) mass is 293 g/mol. The Kier molecular flexibility index (Phi) is 4.44. The molecule has 1 aromatic rings. The van der Waals surface area contributed by atoms with Crippen LogP contribution in [0.3, 0.4) is 0 Å². The lowest BCUT2D eigenvalue weighted by Crippen LogP contribution is -2.01. The van der Waals surface area contributed by atoms with Crippen molar-refractivity contribution < 1.29 is 14.3 Å². The Balaban J connectivity index is 2.25. The van der Waals surface area contributed by atoms with Gasteiger partial charge in [-0.05, 0) is 41.8 Å². The summed E-state index contributed by atoms with van der Waals surface area (Å²) in [7, 11) is 0. The highest BCUT2D eigenvalue weighted by Crippen LogP contribution is 2.30. The molecular weight excluding hydrogens is 282 g/mol. The minimum atomic E-state index is -0.375. The van der Waals surface area contributed by atoms with Gasteiger partial charge in [-0.15, -0.1) is 11.8 Å². The van der Waals surface area contributed by atoms with Crippen molar-refractivity contribution in [1.82, 2.24) is 0 Å². The van der Waals surface area contributed by atoms with Crippen molar-refractivity contribution in [2.75, 3.05) is 6.26 Å². The van der Waals surface area contributed by atoms with Crippen LogP contribution in [0, 0.1) is 0 Å². The van der Waals surface area contributed by atoms with Gasteiger partial charge in [0.1, 0.15) is 15.8 Å². The second kappa shape index (κ2) is 6.08. The zero-order valence-electron chi connectivity index (χ0n) is 10.4. The van der Waals surface area contributed by atoms with Crippen molar-refractivity contribution >= 4 is 45.1 Å².